The van der Waals surface area contributed by atoms with E-state index in [9.17, 15) is 0 Å². The van der Waals surface area contributed by atoms with Gasteiger partial charge in [-0.05, 0) is 12.0 Å². The molecule has 1 heterocycles. The zero-order chi connectivity index (χ0) is 12.3. The van der Waals surface area contributed by atoms with E-state index in [0.29, 0.717) is 6.42 Å². The highest BCUT2D eigenvalue weighted by Gasteiger charge is 2.26. The fourth-order valence-corrected chi connectivity index (χ4v) is 2.00. The second-order valence-electron chi connectivity index (χ2n) is 4.44. The van der Waals surface area contributed by atoms with Crippen LogP contribution in [0, 0.1) is 0 Å². The summed E-state index contributed by atoms with van der Waals surface area (Å²) in [5.41, 5.74) is 8.20. The first-order chi connectivity index (χ1) is 8.14. The smallest absolute Gasteiger partial charge is 0.0848 e. The van der Waals surface area contributed by atoms with Crippen LogP contribution < -0.4 is 5.73 Å². The first kappa shape index (κ1) is 11.8. The van der Waals surface area contributed by atoms with Gasteiger partial charge in [-0.15, -0.1) is 5.10 Å². The van der Waals surface area contributed by atoms with Crippen molar-refractivity contribution in [2.75, 3.05) is 0 Å². The van der Waals surface area contributed by atoms with Crippen molar-refractivity contribution >= 4 is 0 Å². The fraction of sp³-hybridized carbons (Fsp3) is 0.385. The molecule has 4 heteroatoms. The largest absolute Gasteiger partial charge is 0.321 e. The first-order valence-corrected chi connectivity index (χ1v) is 5.83. The van der Waals surface area contributed by atoms with E-state index in [0.717, 1.165) is 17.7 Å². The van der Waals surface area contributed by atoms with Crippen molar-refractivity contribution in [3.63, 3.8) is 0 Å². The number of hydrogen-bond donors (Lipinski definition) is 1. The van der Waals surface area contributed by atoms with E-state index < -0.39 is 0 Å². The molecule has 1 atom stereocenters. The minimum atomic E-state index is -0.364. The maximum absolute atomic E-state index is 6.48. The number of nitrogens with two attached hydrogens (primary N) is 1. The molecule has 0 aliphatic carbocycles. The van der Waals surface area contributed by atoms with Gasteiger partial charge in [-0.25, -0.2) is 0 Å². The third kappa shape index (κ3) is 2.53. The molecular weight excluding hydrogens is 212 g/mol. The molecule has 0 saturated carbocycles. The lowest BCUT2D eigenvalue weighted by Gasteiger charge is -2.27. The normalized spacial score (nSPS) is 14.5. The molecular formula is C13H18N4. The van der Waals surface area contributed by atoms with Gasteiger partial charge in [-0.1, -0.05) is 42.5 Å². The average Bonchev–Trinajstić information content (AvgIpc) is 2.75. The third-order valence-corrected chi connectivity index (χ3v) is 3.13. The van der Waals surface area contributed by atoms with E-state index >= 15 is 0 Å². The number of benzene rings is 1. The molecule has 90 valence electrons. The monoisotopic (exact) mass is 230 g/mol. The molecule has 0 aliphatic rings. The summed E-state index contributed by atoms with van der Waals surface area (Å²) in [5.74, 6) is 0. The summed E-state index contributed by atoms with van der Waals surface area (Å²) in [5, 5.41) is 8.05. The van der Waals surface area contributed by atoms with Gasteiger partial charge in [0.1, 0.15) is 0 Å². The topological polar surface area (TPSA) is 56.7 Å². The Balaban J connectivity index is 2.26. The Kier molecular flexibility index (Phi) is 3.24. The van der Waals surface area contributed by atoms with Crippen molar-refractivity contribution in [2.45, 2.75) is 25.3 Å². The molecule has 0 spiro atoms. The quantitative estimate of drug-likeness (QED) is 0.868. The van der Waals surface area contributed by atoms with Crippen LogP contribution in [0.25, 0.3) is 0 Å². The Morgan fingerprint density at radius 1 is 1.29 bits per heavy atom. The summed E-state index contributed by atoms with van der Waals surface area (Å²) >= 11 is 0. The lowest BCUT2D eigenvalue weighted by atomic mass is 9.84. The van der Waals surface area contributed by atoms with Gasteiger partial charge in [0, 0.05) is 25.2 Å². The van der Waals surface area contributed by atoms with Gasteiger partial charge >= 0.3 is 0 Å². The summed E-state index contributed by atoms with van der Waals surface area (Å²) < 4.78 is 1.70. The zero-order valence-corrected chi connectivity index (χ0v) is 10.3. The second-order valence-corrected chi connectivity index (χ2v) is 4.44. The van der Waals surface area contributed by atoms with Crippen molar-refractivity contribution in [1.29, 1.82) is 0 Å². The van der Waals surface area contributed by atoms with Crippen LogP contribution in [0.5, 0.6) is 0 Å². The minimum absolute atomic E-state index is 0.364. The molecule has 1 unspecified atom stereocenters. The Hall–Kier alpha value is -1.68. The molecule has 0 bridgehead atoms. The van der Waals surface area contributed by atoms with E-state index in [1.807, 2.05) is 31.4 Å². The molecule has 17 heavy (non-hydrogen) atoms. The molecule has 2 rings (SSSR count). The molecule has 1 aromatic heterocycles. The standard InChI is InChI=1S/C13H18N4/c1-3-13(14,11-7-5-4-6-8-11)9-12-10-17(2)16-15-12/h4-8,10H,3,9,14H2,1-2H3. The van der Waals surface area contributed by atoms with Crippen molar-refractivity contribution < 1.29 is 0 Å². The van der Waals surface area contributed by atoms with Crippen LogP contribution in [0.3, 0.4) is 0 Å². The number of aromatic nitrogens is 3. The van der Waals surface area contributed by atoms with Gasteiger partial charge in [0.05, 0.1) is 5.69 Å². The molecule has 2 aromatic rings. The van der Waals surface area contributed by atoms with E-state index in [1.54, 1.807) is 4.68 Å². The second kappa shape index (κ2) is 4.67. The molecule has 1 aromatic carbocycles. The van der Waals surface area contributed by atoms with E-state index in [2.05, 4.69) is 29.4 Å². The number of aryl methyl sites for hydroxylation is 1. The Morgan fingerprint density at radius 3 is 2.53 bits per heavy atom. The number of hydrogen-bond acceptors (Lipinski definition) is 3. The molecule has 0 saturated heterocycles. The molecule has 0 aliphatic heterocycles. The lowest BCUT2D eigenvalue weighted by molar-refractivity contribution is 0.420. The fourth-order valence-electron chi connectivity index (χ4n) is 2.00. The highest BCUT2D eigenvalue weighted by molar-refractivity contribution is 5.25. The van der Waals surface area contributed by atoms with Crippen molar-refractivity contribution in [3.8, 4) is 0 Å². The summed E-state index contributed by atoms with van der Waals surface area (Å²) in [6.45, 7) is 2.10. The maximum Gasteiger partial charge on any atom is 0.0848 e. The van der Waals surface area contributed by atoms with Crippen LogP contribution in [0.1, 0.15) is 24.6 Å². The van der Waals surface area contributed by atoms with E-state index in [1.165, 1.54) is 0 Å². The van der Waals surface area contributed by atoms with Crippen LogP contribution in [0.4, 0.5) is 0 Å². The van der Waals surface area contributed by atoms with Crippen molar-refractivity contribution in [1.82, 2.24) is 15.0 Å². The van der Waals surface area contributed by atoms with Gasteiger partial charge in [0.2, 0.25) is 0 Å². The molecule has 4 nitrogen and oxygen atoms in total. The summed E-state index contributed by atoms with van der Waals surface area (Å²) in [6.07, 6.45) is 3.50. The van der Waals surface area contributed by atoms with Gasteiger partial charge in [-0.2, -0.15) is 0 Å². The lowest BCUT2D eigenvalue weighted by Crippen LogP contribution is -2.38. The average molecular weight is 230 g/mol. The van der Waals surface area contributed by atoms with E-state index in [-0.39, 0.29) is 5.54 Å². The van der Waals surface area contributed by atoms with Crippen LogP contribution in [0.15, 0.2) is 36.5 Å². The Labute approximate surface area is 101 Å². The summed E-state index contributed by atoms with van der Waals surface area (Å²) in [7, 11) is 1.86. The summed E-state index contributed by atoms with van der Waals surface area (Å²) in [4.78, 5) is 0. The molecule has 0 radical (unpaired) electrons. The Bertz CT molecular complexity index is 477. The Morgan fingerprint density at radius 2 is 2.00 bits per heavy atom. The van der Waals surface area contributed by atoms with Gasteiger partial charge < -0.3 is 5.73 Å². The van der Waals surface area contributed by atoms with Gasteiger partial charge in [0.15, 0.2) is 0 Å². The van der Waals surface area contributed by atoms with Gasteiger partial charge in [-0.3, -0.25) is 4.68 Å². The number of rotatable bonds is 4. The van der Waals surface area contributed by atoms with Gasteiger partial charge in [0.25, 0.3) is 0 Å². The van der Waals surface area contributed by atoms with Crippen LogP contribution in [-0.4, -0.2) is 15.0 Å². The SMILES string of the molecule is CCC(N)(Cc1cn(C)nn1)c1ccccc1. The maximum atomic E-state index is 6.48. The highest BCUT2D eigenvalue weighted by atomic mass is 15.4. The predicted octanol–water partition coefficient (Wildman–Crippen LogP) is 1.62. The predicted molar refractivity (Wildman–Crippen MR) is 67.3 cm³/mol. The van der Waals surface area contributed by atoms with Crippen molar-refractivity contribution in [3.05, 3.63) is 47.8 Å². The van der Waals surface area contributed by atoms with E-state index in [4.69, 9.17) is 5.73 Å². The third-order valence-electron chi connectivity index (χ3n) is 3.13. The highest BCUT2D eigenvalue weighted by Crippen LogP contribution is 2.25. The molecule has 0 fully saturated rings. The van der Waals surface area contributed by atoms with Crippen LogP contribution in [-0.2, 0) is 19.0 Å². The van der Waals surface area contributed by atoms with Crippen LogP contribution >= 0.6 is 0 Å². The van der Waals surface area contributed by atoms with Crippen molar-refractivity contribution in [2.24, 2.45) is 12.8 Å². The summed E-state index contributed by atoms with van der Waals surface area (Å²) in [6, 6.07) is 10.2. The minimum Gasteiger partial charge on any atom is -0.321 e. The molecule has 2 N–H and O–H groups in total. The molecule has 0 amide bonds. The zero-order valence-electron chi connectivity index (χ0n) is 10.3. The number of nitrogens with zero attached hydrogens (tertiary/aromatic N) is 3. The van der Waals surface area contributed by atoms with Crippen LogP contribution in [0.2, 0.25) is 0 Å². The first-order valence-electron chi connectivity index (χ1n) is 5.83.